The van der Waals surface area contributed by atoms with Crippen LogP contribution in [0.4, 0.5) is 11.4 Å². The maximum atomic E-state index is 12.1. The molecule has 2 unspecified atom stereocenters. The van der Waals surface area contributed by atoms with Gasteiger partial charge in [-0.1, -0.05) is 18.5 Å². The number of rotatable bonds is 3. The van der Waals surface area contributed by atoms with Gasteiger partial charge in [-0.05, 0) is 31.2 Å². The first-order valence-corrected chi connectivity index (χ1v) is 6.80. The lowest BCUT2D eigenvalue weighted by molar-refractivity contribution is -0.383. The monoisotopic (exact) mass is 297 g/mol. The zero-order chi connectivity index (χ0) is 14.9. The molecule has 0 aliphatic heterocycles. The van der Waals surface area contributed by atoms with Gasteiger partial charge >= 0.3 is 0 Å². The standard InChI is InChI=1S/C13H16ClN3O3/c1-7-2-3-9(4-7)16-13(18)8-5-10(14)12(15)11(6-8)17(19)20/h5-7,9H,2-4,15H2,1H3,(H,16,18). The summed E-state index contributed by atoms with van der Waals surface area (Å²) < 4.78 is 0. The van der Waals surface area contributed by atoms with E-state index in [2.05, 4.69) is 12.2 Å². The molecule has 1 amide bonds. The van der Waals surface area contributed by atoms with E-state index in [0.717, 1.165) is 25.3 Å². The molecule has 108 valence electrons. The van der Waals surface area contributed by atoms with E-state index < -0.39 is 4.92 Å². The molecule has 2 atom stereocenters. The number of nitrogens with zero attached hydrogens (tertiary/aromatic N) is 1. The maximum Gasteiger partial charge on any atom is 0.294 e. The average Bonchev–Trinajstić information content (AvgIpc) is 2.77. The van der Waals surface area contributed by atoms with E-state index in [1.807, 2.05) is 0 Å². The van der Waals surface area contributed by atoms with Crippen LogP contribution in [0.15, 0.2) is 12.1 Å². The quantitative estimate of drug-likeness (QED) is 0.509. The van der Waals surface area contributed by atoms with Crippen LogP contribution in [0, 0.1) is 16.0 Å². The highest BCUT2D eigenvalue weighted by Crippen LogP contribution is 2.31. The smallest absolute Gasteiger partial charge is 0.294 e. The molecule has 0 aromatic heterocycles. The van der Waals surface area contributed by atoms with E-state index in [9.17, 15) is 14.9 Å². The van der Waals surface area contributed by atoms with Crippen molar-refractivity contribution < 1.29 is 9.72 Å². The van der Waals surface area contributed by atoms with Gasteiger partial charge in [0, 0.05) is 17.7 Å². The molecule has 20 heavy (non-hydrogen) atoms. The number of nitro benzene ring substituents is 1. The molecule has 7 heteroatoms. The number of hydrogen-bond acceptors (Lipinski definition) is 4. The summed E-state index contributed by atoms with van der Waals surface area (Å²) in [6, 6.07) is 2.64. The van der Waals surface area contributed by atoms with Crippen molar-refractivity contribution in [2.24, 2.45) is 5.92 Å². The van der Waals surface area contributed by atoms with Crippen LogP contribution in [0.2, 0.25) is 5.02 Å². The summed E-state index contributed by atoms with van der Waals surface area (Å²) >= 11 is 5.84. The number of anilines is 1. The Morgan fingerprint density at radius 1 is 1.50 bits per heavy atom. The fourth-order valence-electron chi connectivity index (χ4n) is 2.49. The lowest BCUT2D eigenvalue weighted by Gasteiger charge is -2.13. The van der Waals surface area contributed by atoms with Crippen LogP contribution >= 0.6 is 11.6 Å². The number of benzene rings is 1. The van der Waals surface area contributed by atoms with Crippen molar-refractivity contribution in [2.45, 2.75) is 32.2 Å². The van der Waals surface area contributed by atoms with Crippen molar-refractivity contribution in [3.8, 4) is 0 Å². The van der Waals surface area contributed by atoms with Crippen LogP contribution in [0.5, 0.6) is 0 Å². The third-order valence-corrected chi connectivity index (χ3v) is 3.91. The molecule has 3 N–H and O–H groups in total. The first-order valence-electron chi connectivity index (χ1n) is 6.42. The van der Waals surface area contributed by atoms with E-state index in [1.165, 1.54) is 6.07 Å². The van der Waals surface area contributed by atoms with Crippen molar-refractivity contribution in [3.05, 3.63) is 32.8 Å². The number of nitro groups is 1. The Bertz CT molecular complexity index is 562. The second-order valence-electron chi connectivity index (χ2n) is 5.24. The second kappa shape index (κ2) is 5.66. The van der Waals surface area contributed by atoms with E-state index in [4.69, 9.17) is 17.3 Å². The maximum absolute atomic E-state index is 12.1. The van der Waals surface area contributed by atoms with E-state index in [1.54, 1.807) is 0 Å². The number of nitrogens with one attached hydrogen (secondary N) is 1. The number of hydrogen-bond donors (Lipinski definition) is 2. The van der Waals surface area contributed by atoms with Crippen LogP contribution in [-0.4, -0.2) is 16.9 Å². The van der Waals surface area contributed by atoms with Gasteiger partial charge in [0.15, 0.2) is 0 Å². The first-order chi connectivity index (χ1) is 9.38. The van der Waals surface area contributed by atoms with Gasteiger partial charge in [-0.3, -0.25) is 14.9 Å². The molecule has 1 aromatic rings. The fourth-order valence-corrected chi connectivity index (χ4v) is 2.71. The Labute approximate surface area is 121 Å². The van der Waals surface area contributed by atoms with Gasteiger partial charge in [0.05, 0.1) is 9.95 Å². The molecule has 0 bridgehead atoms. The Morgan fingerprint density at radius 2 is 2.20 bits per heavy atom. The molecule has 6 nitrogen and oxygen atoms in total. The van der Waals surface area contributed by atoms with E-state index in [-0.39, 0.29) is 33.9 Å². The number of carbonyl (C=O) groups excluding carboxylic acids is 1. The molecular formula is C13H16ClN3O3. The summed E-state index contributed by atoms with van der Waals surface area (Å²) in [6.45, 7) is 2.14. The highest BCUT2D eigenvalue weighted by molar-refractivity contribution is 6.34. The summed E-state index contributed by atoms with van der Waals surface area (Å²) in [4.78, 5) is 22.3. The minimum Gasteiger partial charge on any atom is -0.392 e. The highest BCUT2D eigenvalue weighted by atomic mass is 35.5. The highest BCUT2D eigenvalue weighted by Gasteiger charge is 2.25. The Morgan fingerprint density at radius 3 is 2.75 bits per heavy atom. The lowest BCUT2D eigenvalue weighted by Crippen LogP contribution is -2.32. The Kier molecular flexibility index (Phi) is 4.13. The van der Waals surface area contributed by atoms with Gasteiger partial charge in [0.2, 0.25) is 0 Å². The zero-order valence-corrected chi connectivity index (χ0v) is 11.8. The Balaban J connectivity index is 2.20. The molecule has 2 rings (SSSR count). The predicted octanol–water partition coefficient (Wildman–Crippen LogP) is 2.75. The molecule has 1 aliphatic carbocycles. The van der Waals surface area contributed by atoms with Gasteiger partial charge in [-0.15, -0.1) is 0 Å². The normalized spacial score (nSPS) is 21.7. The molecule has 1 aliphatic rings. The molecule has 1 aromatic carbocycles. The van der Waals surface area contributed by atoms with Crippen molar-refractivity contribution >= 4 is 28.9 Å². The first kappa shape index (κ1) is 14.6. The molecular weight excluding hydrogens is 282 g/mol. The summed E-state index contributed by atoms with van der Waals surface area (Å²) in [6.07, 6.45) is 2.93. The summed E-state index contributed by atoms with van der Waals surface area (Å²) in [5.74, 6) is 0.235. The number of nitrogens with two attached hydrogens (primary N) is 1. The van der Waals surface area contributed by atoms with Gasteiger partial charge in [0.25, 0.3) is 11.6 Å². The van der Waals surface area contributed by atoms with Crippen molar-refractivity contribution in [2.75, 3.05) is 5.73 Å². The molecule has 1 fully saturated rings. The van der Waals surface area contributed by atoms with Crippen molar-refractivity contribution in [1.82, 2.24) is 5.32 Å². The van der Waals surface area contributed by atoms with Crippen LogP contribution in [0.3, 0.4) is 0 Å². The molecule has 1 saturated carbocycles. The fraction of sp³-hybridized carbons (Fsp3) is 0.462. The van der Waals surface area contributed by atoms with Gasteiger partial charge < -0.3 is 11.1 Å². The minimum atomic E-state index is -0.643. The van der Waals surface area contributed by atoms with E-state index >= 15 is 0 Å². The Hall–Kier alpha value is -1.82. The van der Waals surface area contributed by atoms with Gasteiger partial charge in [-0.2, -0.15) is 0 Å². The third kappa shape index (κ3) is 3.01. The second-order valence-corrected chi connectivity index (χ2v) is 5.64. The molecule has 0 spiro atoms. The molecule has 0 saturated heterocycles. The van der Waals surface area contributed by atoms with Crippen LogP contribution < -0.4 is 11.1 Å². The van der Waals surface area contributed by atoms with Gasteiger partial charge in [-0.25, -0.2) is 0 Å². The summed E-state index contributed by atoms with van der Waals surface area (Å²) in [7, 11) is 0. The van der Waals surface area contributed by atoms with Crippen LogP contribution in [0.1, 0.15) is 36.5 Å². The molecule has 0 radical (unpaired) electrons. The lowest BCUT2D eigenvalue weighted by atomic mass is 10.1. The number of halogens is 1. The average molecular weight is 298 g/mol. The van der Waals surface area contributed by atoms with Crippen molar-refractivity contribution in [1.29, 1.82) is 0 Å². The largest absolute Gasteiger partial charge is 0.392 e. The van der Waals surface area contributed by atoms with Gasteiger partial charge in [0.1, 0.15) is 5.69 Å². The topological polar surface area (TPSA) is 98.3 Å². The van der Waals surface area contributed by atoms with Crippen LogP contribution in [0.25, 0.3) is 0 Å². The summed E-state index contributed by atoms with van der Waals surface area (Å²) in [5.41, 5.74) is 5.22. The predicted molar refractivity (Wildman–Crippen MR) is 76.8 cm³/mol. The zero-order valence-electron chi connectivity index (χ0n) is 11.1. The number of nitrogen functional groups attached to an aromatic ring is 1. The number of carbonyl (C=O) groups is 1. The third-order valence-electron chi connectivity index (χ3n) is 3.60. The van der Waals surface area contributed by atoms with Crippen LogP contribution in [-0.2, 0) is 0 Å². The van der Waals surface area contributed by atoms with E-state index in [0.29, 0.717) is 5.92 Å². The number of amides is 1. The molecule has 0 heterocycles. The SMILES string of the molecule is CC1CCC(NC(=O)c2cc(Cl)c(N)c([N+](=O)[O-])c2)C1. The summed E-state index contributed by atoms with van der Waals surface area (Å²) in [5, 5.41) is 13.8. The van der Waals surface area contributed by atoms with Crippen molar-refractivity contribution in [3.63, 3.8) is 0 Å². The minimum absolute atomic E-state index is 0.0177.